The molecule has 1 aromatic carbocycles. The summed E-state index contributed by atoms with van der Waals surface area (Å²) in [5, 5.41) is 18.9. The summed E-state index contributed by atoms with van der Waals surface area (Å²) in [6.07, 6.45) is 0.442. The Kier molecular flexibility index (Phi) is 7.26. The van der Waals surface area contributed by atoms with Gasteiger partial charge in [0.25, 0.3) is 0 Å². The maximum atomic E-state index is 12.1. The molecule has 0 radical (unpaired) electrons. The minimum Gasteiger partial charge on any atom is -0.391 e. The molecule has 0 aliphatic heterocycles. The molecule has 0 aliphatic carbocycles. The third-order valence-corrected chi connectivity index (χ3v) is 3.40. The van der Waals surface area contributed by atoms with Crippen LogP contribution in [0.1, 0.15) is 32.3 Å². The molecule has 0 bridgehead atoms. The van der Waals surface area contributed by atoms with E-state index < -0.39 is 12.2 Å². The first kappa shape index (κ1) is 16.7. The zero-order chi connectivity index (χ0) is 15.0. The van der Waals surface area contributed by atoms with Crippen molar-refractivity contribution in [1.29, 1.82) is 0 Å². The highest BCUT2D eigenvalue weighted by Crippen LogP contribution is 2.07. The van der Waals surface area contributed by atoms with E-state index >= 15 is 0 Å². The summed E-state index contributed by atoms with van der Waals surface area (Å²) < 4.78 is 0. The second kappa shape index (κ2) is 8.72. The Hall–Kier alpha value is -1.39. The van der Waals surface area contributed by atoms with Crippen LogP contribution in [0.3, 0.4) is 0 Å². The lowest BCUT2D eigenvalue weighted by atomic mass is 10.1. The van der Waals surface area contributed by atoms with Crippen LogP contribution in [0, 0.1) is 0 Å². The highest BCUT2D eigenvalue weighted by atomic mass is 16.3. The molecular weight excluding hydrogens is 254 g/mol. The number of aryl methyl sites for hydroxylation is 1. The number of rotatable bonds is 8. The van der Waals surface area contributed by atoms with Crippen molar-refractivity contribution < 1.29 is 15.0 Å². The van der Waals surface area contributed by atoms with E-state index in [9.17, 15) is 15.0 Å². The third kappa shape index (κ3) is 5.72. The number of aliphatic hydroxyl groups excluding tert-OH is 2. The minimum atomic E-state index is -0.881. The van der Waals surface area contributed by atoms with E-state index in [1.54, 1.807) is 4.90 Å². The highest BCUT2D eigenvalue weighted by Gasteiger charge is 2.18. The Labute approximate surface area is 121 Å². The Morgan fingerprint density at radius 2 is 1.90 bits per heavy atom. The molecule has 4 nitrogen and oxygen atoms in total. The van der Waals surface area contributed by atoms with Crippen LogP contribution < -0.4 is 0 Å². The van der Waals surface area contributed by atoms with Crippen molar-refractivity contribution in [2.45, 2.75) is 45.3 Å². The van der Waals surface area contributed by atoms with Gasteiger partial charge in [0.05, 0.1) is 12.2 Å². The number of nitrogens with zero attached hydrogens (tertiary/aromatic N) is 1. The zero-order valence-corrected chi connectivity index (χ0v) is 12.3. The first-order chi connectivity index (χ1) is 9.54. The second-order valence-corrected chi connectivity index (χ2v) is 5.08. The largest absolute Gasteiger partial charge is 0.391 e. The highest BCUT2D eigenvalue weighted by molar-refractivity contribution is 5.76. The van der Waals surface area contributed by atoms with E-state index in [0.29, 0.717) is 13.0 Å². The molecule has 0 aliphatic rings. The summed E-state index contributed by atoms with van der Waals surface area (Å²) >= 11 is 0. The SMILES string of the molecule is CCN(CC(O)C(C)O)C(=O)CCCc1ccccc1. The van der Waals surface area contributed by atoms with Gasteiger partial charge in [0, 0.05) is 19.5 Å². The van der Waals surface area contributed by atoms with E-state index in [0.717, 1.165) is 12.8 Å². The Morgan fingerprint density at radius 1 is 1.25 bits per heavy atom. The fourth-order valence-corrected chi connectivity index (χ4v) is 2.03. The van der Waals surface area contributed by atoms with Crippen molar-refractivity contribution in [3.8, 4) is 0 Å². The van der Waals surface area contributed by atoms with Gasteiger partial charge in [-0.1, -0.05) is 30.3 Å². The number of hydrogen-bond donors (Lipinski definition) is 2. The van der Waals surface area contributed by atoms with Gasteiger partial charge in [0.1, 0.15) is 0 Å². The van der Waals surface area contributed by atoms with Gasteiger partial charge in [-0.15, -0.1) is 0 Å². The van der Waals surface area contributed by atoms with E-state index in [1.807, 2.05) is 25.1 Å². The van der Waals surface area contributed by atoms with Crippen LogP contribution in [0.2, 0.25) is 0 Å². The van der Waals surface area contributed by atoms with Crippen molar-refractivity contribution in [3.05, 3.63) is 35.9 Å². The van der Waals surface area contributed by atoms with E-state index in [4.69, 9.17) is 0 Å². The standard InChI is InChI=1S/C16H25NO3/c1-3-17(12-15(19)13(2)18)16(20)11-7-10-14-8-5-4-6-9-14/h4-6,8-9,13,15,18-19H,3,7,10-12H2,1-2H3. The number of benzene rings is 1. The summed E-state index contributed by atoms with van der Waals surface area (Å²) in [4.78, 5) is 13.7. The molecule has 0 saturated heterocycles. The number of likely N-dealkylation sites (N-methyl/N-ethyl adjacent to an activating group) is 1. The monoisotopic (exact) mass is 279 g/mol. The lowest BCUT2D eigenvalue weighted by Gasteiger charge is -2.25. The maximum Gasteiger partial charge on any atom is 0.222 e. The van der Waals surface area contributed by atoms with Crippen LogP contribution in [-0.2, 0) is 11.2 Å². The van der Waals surface area contributed by atoms with Crippen LogP contribution in [-0.4, -0.2) is 46.3 Å². The number of aliphatic hydroxyl groups is 2. The zero-order valence-electron chi connectivity index (χ0n) is 12.3. The Balaban J connectivity index is 2.36. The van der Waals surface area contributed by atoms with Crippen molar-refractivity contribution >= 4 is 5.91 Å². The summed E-state index contributed by atoms with van der Waals surface area (Å²) in [6.45, 7) is 4.15. The first-order valence-electron chi connectivity index (χ1n) is 7.22. The fraction of sp³-hybridized carbons (Fsp3) is 0.562. The van der Waals surface area contributed by atoms with E-state index in [1.165, 1.54) is 12.5 Å². The molecule has 20 heavy (non-hydrogen) atoms. The molecule has 4 heteroatoms. The van der Waals surface area contributed by atoms with Gasteiger partial charge in [-0.25, -0.2) is 0 Å². The van der Waals surface area contributed by atoms with Gasteiger partial charge in [-0.05, 0) is 32.3 Å². The second-order valence-electron chi connectivity index (χ2n) is 5.08. The summed E-state index contributed by atoms with van der Waals surface area (Å²) in [5.74, 6) is 0.0307. The first-order valence-corrected chi connectivity index (χ1v) is 7.22. The molecule has 1 amide bonds. The van der Waals surface area contributed by atoms with E-state index in [2.05, 4.69) is 12.1 Å². The molecule has 0 saturated carbocycles. The van der Waals surface area contributed by atoms with Gasteiger partial charge in [-0.2, -0.15) is 0 Å². The topological polar surface area (TPSA) is 60.8 Å². The number of carbonyl (C=O) groups is 1. The van der Waals surface area contributed by atoms with Crippen LogP contribution in [0.4, 0.5) is 0 Å². The average Bonchev–Trinajstić information content (AvgIpc) is 2.45. The van der Waals surface area contributed by atoms with Gasteiger partial charge in [0.15, 0.2) is 0 Å². The van der Waals surface area contributed by atoms with Crippen LogP contribution in [0.5, 0.6) is 0 Å². The Bertz CT molecular complexity index is 392. The molecule has 2 unspecified atom stereocenters. The van der Waals surface area contributed by atoms with Crippen molar-refractivity contribution in [2.24, 2.45) is 0 Å². The summed E-state index contributed by atoms with van der Waals surface area (Å²) in [5.41, 5.74) is 1.23. The van der Waals surface area contributed by atoms with Crippen molar-refractivity contribution in [3.63, 3.8) is 0 Å². The molecule has 0 fully saturated rings. The number of hydrogen-bond acceptors (Lipinski definition) is 3. The van der Waals surface area contributed by atoms with Gasteiger partial charge in [-0.3, -0.25) is 4.79 Å². The van der Waals surface area contributed by atoms with Crippen LogP contribution in [0.25, 0.3) is 0 Å². The predicted molar refractivity (Wildman–Crippen MR) is 79.3 cm³/mol. The summed E-state index contributed by atoms with van der Waals surface area (Å²) in [6, 6.07) is 10.1. The molecule has 0 heterocycles. The molecule has 1 aromatic rings. The van der Waals surface area contributed by atoms with Gasteiger partial charge in [0.2, 0.25) is 5.91 Å². The smallest absolute Gasteiger partial charge is 0.222 e. The predicted octanol–water partition coefficient (Wildman–Crippen LogP) is 1.60. The normalized spacial score (nSPS) is 13.8. The molecule has 1 rings (SSSR count). The van der Waals surface area contributed by atoms with Crippen LogP contribution in [0.15, 0.2) is 30.3 Å². The number of carbonyl (C=O) groups excluding carboxylic acids is 1. The fourth-order valence-electron chi connectivity index (χ4n) is 2.03. The van der Waals surface area contributed by atoms with E-state index in [-0.39, 0.29) is 12.5 Å². The van der Waals surface area contributed by atoms with Gasteiger partial charge >= 0.3 is 0 Å². The molecule has 2 N–H and O–H groups in total. The van der Waals surface area contributed by atoms with Gasteiger partial charge < -0.3 is 15.1 Å². The molecule has 112 valence electrons. The number of amides is 1. The maximum absolute atomic E-state index is 12.1. The molecule has 2 atom stereocenters. The molecule has 0 spiro atoms. The minimum absolute atomic E-state index is 0.0307. The lowest BCUT2D eigenvalue weighted by Crippen LogP contribution is -2.41. The third-order valence-electron chi connectivity index (χ3n) is 3.40. The van der Waals surface area contributed by atoms with Crippen molar-refractivity contribution in [1.82, 2.24) is 4.90 Å². The summed E-state index contributed by atoms with van der Waals surface area (Å²) in [7, 11) is 0. The Morgan fingerprint density at radius 3 is 2.45 bits per heavy atom. The molecule has 0 aromatic heterocycles. The van der Waals surface area contributed by atoms with Crippen LogP contribution >= 0.6 is 0 Å². The lowest BCUT2D eigenvalue weighted by molar-refractivity contribution is -0.133. The van der Waals surface area contributed by atoms with Crippen molar-refractivity contribution in [2.75, 3.05) is 13.1 Å². The quantitative estimate of drug-likeness (QED) is 0.760. The molecular formula is C16H25NO3. The average molecular weight is 279 g/mol.